The first-order chi connectivity index (χ1) is 10.2. The Hall–Kier alpha value is -2.67. The second kappa shape index (κ2) is 6.67. The maximum absolute atomic E-state index is 13.1. The number of carbonyl (C=O) groups is 1. The van der Waals surface area contributed by atoms with Gasteiger partial charge in [0, 0.05) is 5.56 Å². The van der Waals surface area contributed by atoms with E-state index >= 15 is 0 Å². The van der Waals surface area contributed by atoms with E-state index in [2.05, 4.69) is 17.2 Å². The van der Waals surface area contributed by atoms with E-state index in [4.69, 9.17) is 11.0 Å². The Labute approximate surface area is 125 Å². The van der Waals surface area contributed by atoms with Gasteiger partial charge < -0.3 is 11.1 Å². The number of rotatable bonds is 2. The SMILES string of the molecule is N#Cc1cc(F)ccc1NC(=O)c1sccc1C#CCN. The van der Waals surface area contributed by atoms with Gasteiger partial charge in [0.05, 0.1) is 17.8 Å². The summed E-state index contributed by atoms with van der Waals surface area (Å²) in [4.78, 5) is 12.6. The first-order valence-electron chi connectivity index (χ1n) is 5.93. The molecule has 0 saturated carbocycles. The Bertz CT molecular complexity index is 780. The van der Waals surface area contributed by atoms with Gasteiger partial charge in [-0.1, -0.05) is 11.8 Å². The zero-order valence-electron chi connectivity index (χ0n) is 10.8. The number of amides is 1. The second-order valence-electron chi connectivity index (χ2n) is 3.93. The lowest BCUT2D eigenvalue weighted by Gasteiger charge is -2.06. The number of nitrogens with one attached hydrogen (secondary N) is 1. The van der Waals surface area contributed by atoms with Crippen LogP contribution < -0.4 is 11.1 Å². The molecule has 0 aliphatic carbocycles. The predicted molar refractivity (Wildman–Crippen MR) is 79.3 cm³/mol. The third kappa shape index (κ3) is 3.46. The van der Waals surface area contributed by atoms with Crippen LogP contribution in [0.2, 0.25) is 0 Å². The fraction of sp³-hybridized carbons (Fsp3) is 0.0667. The third-order valence-electron chi connectivity index (χ3n) is 2.55. The molecule has 6 heteroatoms. The van der Waals surface area contributed by atoms with E-state index in [1.807, 2.05) is 6.07 Å². The minimum absolute atomic E-state index is 0.0644. The molecule has 2 aromatic rings. The lowest BCUT2D eigenvalue weighted by atomic mass is 10.2. The number of nitrogens with zero attached hydrogens (tertiary/aromatic N) is 1. The largest absolute Gasteiger partial charge is 0.320 e. The average molecular weight is 299 g/mol. The van der Waals surface area contributed by atoms with Gasteiger partial charge in [0.25, 0.3) is 5.91 Å². The van der Waals surface area contributed by atoms with E-state index in [9.17, 15) is 9.18 Å². The molecular formula is C15H10FN3OS. The van der Waals surface area contributed by atoms with Crippen molar-refractivity contribution in [1.29, 1.82) is 5.26 Å². The van der Waals surface area contributed by atoms with Crippen LogP contribution in [0.1, 0.15) is 20.8 Å². The number of nitriles is 1. The summed E-state index contributed by atoms with van der Waals surface area (Å²) in [6.07, 6.45) is 0. The van der Waals surface area contributed by atoms with E-state index in [0.29, 0.717) is 10.4 Å². The van der Waals surface area contributed by atoms with Crippen LogP contribution >= 0.6 is 11.3 Å². The first-order valence-corrected chi connectivity index (χ1v) is 6.81. The molecule has 104 valence electrons. The third-order valence-corrected chi connectivity index (χ3v) is 3.46. The molecule has 0 aliphatic heterocycles. The van der Waals surface area contributed by atoms with Crippen molar-refractivity contribution in [3.05, 3.63) is 51.5 Å². The molecular weight excluding hydrogens is 289 g/mol. The van der Waals surface area contributed by atoms with E-state index in [1.165, 1.54) is 23.5 Å². The maximum atomic E-state index is 13.1. The molecule has 0 unspecified atom stereocenters. The minimum atomic E-state index is -0.532. The van der Waals surface area contributed by atoms with Crippen molar-refractivity contribution in [3.63, 3.8) is 0 Å². The number of anilines is 1. The summed E-state index contributed by atoms with van der Waals surface area (Å²) in [5, 5.41) is 13.3. The van der Waals surface area contributed by atoms with Crippen molar-refractivity contribution in [2.75, 3.05) is 11.9 Å². The molecule has 0 bridgehead atoms. The van der Waals surface area contributed by atoms with Crippen LogP contribution in [0.5, 0.6) is 0 Å². The van der Waals surface area contributed by atoms with Crippen LogP contribution in [0.3, 0.4) is 0 Å². The van der Waals surface area contributed by atoms with Gasteiger partial charge >= 0.3 is 0 Å². The van der Waals surface area contributed by atoms with Crippen LogP contribution in [0.4, 0.5) is 10.1 Å². The van der Waals surface area contributed by atoms with Crippen molar-refractivity contribution in [3.8, 4) is 17.9 Å². The maximum Gasteiger partial charge on any atom is 0.267 e. The van der Waals surface area contributed by atoms with Crippen molar-refractivity contribution < 1.29 is 9.18 Å². The highest BCUT2D eigenvalue weighted by atomic mass is 32.1. The van der Waals surface area contributed by atoms with Gasteiger partial charge in [-0.25, -0.2) is 4.39 Å². The van der Waals surface area contributed by atoms with Crippen molar-refractivity contribution in [1.82, 2.24) is 0 Å². The number of hydrogen-bond donors (Lipinski definition) is 2. The number of hydrogen-bond acceptors (Lipinski definition) is 4. The van der Waals surface area contributed by atoms with Crippen molar-refractivity contribution >= 4 is 22.9 Å². The van der Waals surface area contributed by atoms with Crippen LogP contribution in [0.15, 0.2) is 29.6 Å². The summed E-state index contributed by atoms with van der Waals surface area (Å²) < 4.78 is 13.1. The highest BCUT2D eigenvalue weighted by Gasteiger charge is 2.14. The molecule has 1 heterocycles. The summed E-state index contributed by atoms with van der Waals surface area (Å²) in [5.41, 5.74) is 6.20. The van der Waals surface area contributed by atoms with Crippen molar-refractivity contribution in [2.24, 2.45) is 5.73 Å². The van der Waals surface area contributed by atoms with Crippen LogP contribution in [0, 0.1) is 29.0 Å². The Balaban J connectivity index is 2.27. The highest BCUT2D eigenvalue weighted by Crippen LogP contribution is 2.21. The van der Waals surface area contributed by atoms with Gasteiger partial charge in [-0.2, -0.15) is 5.26 Å². The minimum Gasteiger partial charge on any atom is -0.320 e. The van der Waals surface area contributed by atoms with Gasteiger partial charge in [-0.3, -0.25) is 4.79 Å². The average Bonchev–Trinajstić information content (AvgIpc) is 2.95. The molecule has 0 saturated heterocycles. The molecule has 4 nitrogen and oxygen atoms in total. The van der Waals surface area contributed by atoms with Gasteiger partial charge in [-0.15, -0.1) is 11.3 Å². The van der Waals surface area contributed by atoms with Gasteiger partial charge in [0.15, 0.2) is 0 Å². The number of halogens is 1. The first kappa shape index (κ1) is 14.7. The summed E-state index contributed by atoms with van der Waals surface area (Å²) in [5.74, 6) is 4.56. The van der Waals surface area contributed by atoms with E-state index in [0.717, 1.165) is 6.07 Å². The normalized spacial score (nSPS) is 9.38. The van der Waals surface area contributed by atoms with Gasteiger partial charge in [0.1, 0.15) is 16.8 Å². The summed E-state index contributed by atoms with van der Waals surface area (Å²) >= 11 is 1.23. The molecule has 2 rings (SSSR count). The lowest BCUT2D eigenvalue weighted by Crippen LogP contribution is -2.12. The van der Waals surface area contributed by atoms with Gasteiger partial charge in [-0.05, 0) is 29.6 Å². The number of thiophene rings is 1. The molecule has 21 heavy (non-hydrogen) atoms. The quantitative estimate of drug-likeness (QED) is 0.835. The second-order valence-corrected chi connectivity index (χ2v) is 4.84. The van der Waals surface area contributed by atoms with E-state index < -0.39 is 11.7 Å². The summed E-state index contributed by atoms with van der Waals surface area (Å²) in [6, 6.07) is 7.16. The zero-order valence-corrected chi connectivity index (χ0v) is 11.6. The lowest BCUT2D eigenvalue weighted by molar-refractivity contribution is 0.103. The predicted octanol–water partition coefficient (Wildman–Crippen LogP) is 2.32. The molecule has 1 amide bonds. The van der Waals surface area contributed by atoms with Crippen LogP contribution in [-0.4, -0.2) is 12.5 Å². The standard InChI is InChI=1S/C15H10FN3OS/c16-12-3-4-13(11(8-12)9-18)19-15(20)14-10(2-1-6-17)5-7-21-14/h3-5,7-8H,6,17H2,(H,19,20). The Kier molecular flexibility index (Phi) is 4.68. The summed E-state index contributed by atoms with van der Waals surface area (Å²) in [6.45, 7) is 0.202. The number of benzene rings is 1. The topological polar surface area (TPSA) is 78.9 Å². The fourth-order valence-electron chi connectivity index (χ4n) is 1.63. The molecule has 1 aromatic heterocycles. The highest BCUT2D eigenvalue weighted by molar-refractivity contribution is 7.12. The monoisotopic (exact) mass is 299 g/mol. The molecule has 0 spiro atoms. The smallest absolute Gasteiger partial charge is 0.267 e. The Morgan fingerprint density at radius 2 is 2.19 bits per heavy atom. The van der Waals surface area contributed by atoms with E-state index in [1.54, 1.807) is 11.4 Å². The molecule has 0 radical (unpaired) electrons. The Morgan fingerprint density at radius 1 is 1.38 bits per heavy atom. The summed E-state index contributed by atoms with van der Waals surface area (Å²) in [7, 11) is 0. The fourth-order valence-corrected chi connectivity index (χ4v) is 2.37. The zero-order chi connectivity index (χ0) is 15.2. The number of carbonyl (C=O) groups excluding carboxylic acids is 1. The molecule has 3 N–H and O–H groups in total. The van der Waals surface area contributed by atoms with Gasteiger partial charge in [0.2, 0.25) is 0 Å². The molecule has 0 aliphatic rings. The number of nitrogens with two attached hydrogens (primary N) is 1. The molecule has 0 atom stereocenters. The van der Waals surface area contributed by atoms with Crippen LogP contribution in [-0.2, 0) is 0 Å². The molecule has 0 fully saturated rings. The molecule has 1 aromatic carbocycles. The van der Waals surface area contributed by atoms with Crippen LogP contribution in [0.25, 0.3) is 0 Å². The van der Waals surface area contributed by atoms with E-state index in [-0.39, 0.29) is 17.8 Å². The Morgan fingerprint density at radius 3 is 2.90 bits per heavy atom. The van der Waals surface area contributed by atoms with Crippen molar-refractivity contribution in [2.45, 2.75) is 0 Å².